The Morgan fingerprint density at radius 1 is 1.53 bits per heavy atom. The molecule has 2 N–H and O–H groups in total. The number of hydrogen-bond acceptors (Lipinski definition) is 4. The molecule has 0 aliphatic carbocycles. The lowest BCUT2D eigenvalue weighted by molar-refractivity contribution is -0.136. The summed E-state index contributed by atoms with van der Waals surface area (Å²) in [6.45, 7) is 6.24. The fourth-order valence-electron chi connectivity index (χ4n) is 1.39. The van der Waals surface area contributed by atoms with Gasteiger partial charge in [-0.2, -0.15) is 0 Å². The van der Waals surface area contributed by atoms with Crippen molar-refractivity contribution < 1.29 is 14.6 Å². The molecule has 0 fully saturated rings. The van der Waals surface area contributed by atoms with Crippen LogP contribution in [0.2, 0.25) is 0 Å². The molecule has 5 heteroatoms. The molecule has 1 heterocycles. The maximum atomic E-state index is 10.5. The number of thiophene rings is 1. The number of carbonyl (C=O) groups is 1. The van der Waals surface area contributed by atoms with Crippen molar-refractivity contribution in [1.82, 2.24) is 5.32 Å². The fourth-order valence-corrected chi connectivity index (χ4v) is 2.35. The van der Waals surface area contributed by atoms with Crippen LogP contribution in [0.15, 0.2) is 12.1 Å². The number of hydrogen-bond donors (Lipinski definition) is 2. The van der Waals surface area contributed by atoms with E-state index in [4.69, 9.17) is 9.84 Å². The highest BCUT2D eigenvalue weighted by Crippen LogP contribution is 2.16. The Balaban J connectivity index is 2.31. The predicted octanol–water partition coefficient (Wildman–Crippen LogP) is 1.89. The maximum Gasteiger partial charge on any atom is 0.308 e. The Hall–Kier alpha value is -0.910. The number of carboxylic acid groups (broad SMARTS) is 1. The molecule has 0 aliphatic heterocycles. The van der Waals surface area contributed by atoms with Gasteiger partial charge in [-0.1, -0.05) is 0 Å². The summed E-state index contributed by atoms with van der Waals surface area (Å²) in [5, 5.41) is 12.0. The van der Waals surface area contributed by atoms with E-state index in [2.05, 4.69) is 12.2 Å². The summed E-state index contributed by atoms with van der Waals surface area (Å²) in [6.07, 6.45) is 0.110. The Morgan fingerprint density at radius 2 is 2.24 bits per heavy atom. The number of ether oxygens (including phenoxy) is 1. The molecule has 0 saturated carbocycles. The monoisotopic (exact) mass is 257 g/mol. The van der Waals surface area contributed by atoms with Gasteiger partial charge in [-0.15, -0.1) is 11.3 Å². The molecule has 1 atom stereocenters. The van der Waals surface area contributed by atoms with Crippen LogP contribution in [0.25, 0.3) is 0 Å². The number of nitrogens with one attached hydrogen (secondary N) is 1. The third-order valence-corrected chi connectivity index (χ3v) is 3.32. The van der Waals surface area contributed by atoms with Crippen molar-refractivity contribution in [1.29, 1.82) is 0 Å². The molecular formula is C12H19NO3S. The predicted molar refractivity (Wildman–Crippen MR) is 68.5 cm³/mol. The van der Waals surface area contributed by atoms with Gasteiger partial charge in [-0.3, -0.25) is 4.79 Å². The summed E-state index contributed by atoms with van der Waals surface area (Å²) >= 11 is 1.54. The average molecular weight is 257 g/mol. The van der Waals surface area contributed by atoms with Gasteiger partial charge < -0.3 is 15.2 Å². The Labute approximate surface area is 106 Å². The van der Waals surface area contributed by atoms with Crippen molar-refractivity contribution in [3.8, 4) is 0 Å². The summed E-state index contributed by atoms with van der Waals surface area (Å²) in [5.74, 6) is -0.781. The second-order valence-corrected chi connectivity index (χ2v) is 5.13. The summed E-state index contributed by atoms with van der Waals surface area (Å²) in [7, 11) is 0. The Kier molecular flexibility index (Phi) is 6.18. The van der Waals surface area contributed by atoms with Gasteiger partial charge in [0, 0.05) is 28.9 Å². The van der Waals surface area contributed by atoms with E-state index in [-0.39, 0.29) is 6.42 Å². The average Bonchev–Trinajstić information content (AvgIpc) is 2.70. The second kappa shape index (κ2) is 7.42. The van der Waals surface area contributed by atoms with Crippen LogP contribution in [0.4, 0.5) is 0 Å². The summed E-state index contributed by atoms with van der Waals surface area (Å²) < 4.78 is 5.30. The molecule has 0 saturated heterocycles. The fraction of sp³-hybridized carbons (Fsp3) is 0.583. The highest BCUT2D eigenvalue weighted by molar-refractivity contribution is 7.12. The number of aliphatic carboxylic acids is 1. The van der Waals surface area contributed by atoms with Crippen molar-refractivity contribution in [3.05, 3.63) is 21.9 Å². The molecule has 0 bridgehead atoms. The smallest absolute Gasteiger partial charge is 0.308 e. The number of rotatable bonds is 8. The molecule has 1 rings (SSSR count). The van der Waals surface area contributed by atoms with Gasteiger partial charge in [0.1, 0.15) is 0 Å². The van der Waals surface area contributed by atoms with Crippen LogP contribution in [0, 0.1) is 0 Å². The molecule has 1 aromatic rings. The first-order chi connectivity index (χ1) is 8.11. The van der Waals surface area contributed by atoms with E-state index in [1.807, 2.05) is 19.1 Å². The standard InChI is InChI=1S/C12H19NO3S/c1-3-16-8-9(2)13-7-11-5-4-10(17-11)6-12(14)15/h4-5,9,13H,3,6-8H2,1-2H3,(H,14,15). The minimum absolute atomic E-state index is 0.110. The molecule has 4 nitrogen and oxygen atoms in total. The second-order valence-electron chi connectivity index (χ2n) is 3.88. The molecule has 0 amide bonds. The quantitative estimate of drug-likeness (QED) is 0.746. The maximum absolute atomic E-state index is 10.5. The van der Waals surface area contributed by atoms with Crippen LogP contribution >= 0.6 is 11.3 Å². The van der Waals surface area contributed by atoms with Gasteiger partial charge in [0.05, 0.1) is 13.0 Å². The van der Waals surface area contributed by atoms with E-state index in [1.54, 1.807) is 11.3 Å². The SMILES string of the molecule is CCOCC(C)NCc1ccc(CC(=O)O)s1. The Bertz CT molecular complexity index is 351. The van der Waals surface area contributed by atoms with Gasteiger partial charge >= 0.3 is 5.97 Å². The van der Waals surface area contributed by atoms with E-state index in [0.29, 0.717) is 12.6 Å². The van der Waals surface area contributed by atoms with E-state index >= 15 is 0 Å². The third-order valence-electron chi connectivity index (χ3n) is 2.24. The van der Waals surface area contributed by atoms with Crippen LogP contribution in [-0.4, -0.2) is 30.3 Å². The molecule has 96 valence electrons. The lowest BCUT2D eigenvalue weighted by atomic mass is 10.3. The van der Waals surface area contributed by atoms with Crippen LogP contribution in [-0.2, 0) is 22.5 Å². The van der Waals surface area contributed by atoms with Gasteiger partial charge in [0.15, 0.2) is 0 Å². The van der Waals surface area contributed by atoms with Gasteiger partial charge in [0.2, 0.25) is 0 Å². The largest absolute Gasteiger partial charge is 0.481 e. The molecule has 17 heavy (non-hydrogen) atoms. The van der Waals surface area contributed by atoms with Crippen LogP contribution < -0.4 is 5.32 Å². The van der Waals surface area contributed by atoms with Crippen LogP contribution in [0.3, 0.4) is 0 Å². The lowest BCUT2D eigenvalue weighted by Gasteiger charge is -2.12. The first-order valence-electron chi connectivity index (χ1n) is 5.72. The van der Waals surface area contributed by atoms with Crippen molar-refractivity contribution in [2.75, 3.05) is 13.2 Å². The van der Waals surface area contributed by atoms with E-state index in [0.717, 1.165) is 22.9 Å². The molecule has 1 aromatic heterocycles. The van der Waals surface area contributed by atoms with Crippen LogP contribution in [0.5, 0.6) is 0 Å². The van der Waals surface area contributed by atoms with Gasteiger partial charge in [-0.25, -0.2) is 0 Å². The minimum atomic E-state index is -0.781. The zero-order valence-electron chi connectivity index (χ0n) is 10.2. The van der Waals surface area contributed by atoms with Crippen molar-refractivity contribution in [3.63, 3.8) is 0 Å². The van der Waals surface area contributed by atoms with Gasteiger partial charge in [-0.05, 0) is 26.0 Å². The van der Waals surface area contributed by atoms with Crippen molar-refractivity contribution in [2.24, 2.45) is 0 Å². The molecule has 1 unspecified atom stereocenters. The summed E-state index contributed by atoms with van der Waals surface area (Å²) in [4.78, 5) is 12.6. The van der Waals surface area contributed by atoms with Crippen molar-refractivity contribution >= 4 is 17.3 Å². The van der Waals surface area contributed by atoms with E-state index < -0.39 is 5.97 Å². The summed E-state index contributed by atoms with van der Waals surface area (Å²) in [6, 6.07) is 4.16. The molecule has 0 aliphatic rings. The van der Waals surface area contributed by atoms with E-state index in [9.17, 15) is 4.79 Å². The number of carboxylic acids is 1. The zero-order chi connectivity index (χ0) is 12.7. The summed E-state index contributed by atoms with van der Waals surface area (Å²) in [5.41, 5.74) is 0. The highest BCUT2D eigenvalue weighted by Gasteiger charge is 2.06. The van der Waals surface area contributed by atoms with Gasteiger partial charge in [0.25, 0.3) is 0 Å². The lowest BCUT2D eigenvalue weighted by Crippen LogP contribution is -2.29. The molecular weight excluding hydrogens is 238 g/mol. The zero-order valence-corrected chi connectivity index (χ0v) is 11.0. The van der Waals surface area contributed by atoms with Crippen molar-refractivity contribution in [2.45, 2.75) is 32.9 Å². The normalized spacial score (nSPS) is 12.6. The third kappa shape index (κ3) is 5.81. The first kappa shape index (κ1) is 14.2. The molecule has 0 radical (unpaired) electrons. The minimum Gasteiger partial charge on any atom is -0.481 e. The first-order valence-corrected chi connectivity index (χ1v) is 6.54. The van der Waals surface area contributed by atoms with Crippen LogP contribution in [0.1, 0.15) is 23.6 Å². The highest BCUT2D eigenvalue weighted by atomic mass is 32.1. The van der Waals surface area contributed by atoms with E-state index in [1.165, 1.54) is 0 Å². The molecule has 0 spiro atoms. The molecule has 0 aromatic carbocycles. The topological polar surface area (TPSA) is 58.6 Å². The Morgan fingerprint density at radius 3 is 2.88 bits per heavy atom.